The van der Waals surface area contributed by atoms with Gasteiger partial charge in [0.15, 0.2) is 9.84 Å². The van der Waals surface area contributed by atoms with Gasteiger partial charge in [0.05, 0.1) is 5.25 Å². The molecule has 0 spiro atoms. The van der Waals surface area contributed by atoms with Crippen LogP contribution in [0.5, 0.6) is 0 Å². The second kappa shape index (κ2) is 4.92. The molecule has 3 nitrogen and oxygen atoms in total. The Kier molecular flexibility index (Phi) is 4.23. The van der Waals surface area contributed by atoms with Crippen molar-refractivity contribution in [3.8, 4) is 0 Å². The normalized spacial score (nSPS) is 15.8. The summed E-state index contributed by atoms with van der Waals surface area (Å²) in [5, 5.41) is 0.189. The van der Waals surface area contributed by atoms with E-state index < -0.39 is 21.1 Å². The Hall–Kier alpha value is -0.290. The van der Waals surface area contributed by atoms with E-state index in [1.807, 2.05) is 0 Å². The number of benzene rings is 1. The fraction of sp³-hybridized carbons (Fsp3) is 0.400. The molecule has 16 heavy (non-hydrogen) atoms. The van der Waals surface area contributed by atoms with E-state index in [2.05, 4.69) is 0 Å². The highest BCUT2D eigenvalue weighted by molar-refractivity contribution is 7.91. The monoisotopic (exact) mass is 281 g/mol. The van der Waals surface area contributed by atoms with Crippen molar-refractivity contribution in [1.29, 1.82) is 0 Å². The van der Waals surface area contributed by atoms with Gasteiger partial charge in [-0.15, -0.1) is 0 Å². The minimum atomic E-state index is -3.19. The molecular weight excluding hydrogens is 269 g/mol. The molecule has 0 aromatic heterocycles. The maximum Gasteiger partial charge on any atom is 0.151 e. The summed E-state index contributed by atoms with van der Waals surface area (Å²) in [7, 11) is -3.19. The lowest BCUT2D eigenvalue weighted by Gasteiger charge is -2.19. The Bertz CT molecular complexity index is 488. The largest absolute Gasteiger partial charge is 0.323 e. The van der Waals surface area contributed by atoms with Crippen LogP contribution < -0.4 is 5.73 Å². The van der Waals surface area contributed by atoms with E-state index in [9.17, 15) is 8.42 Å². The van der Waals surface area contributed by atoms with Crippen LogP contribution in [0.2, 0.25) is 10.0 Å². The quantitative estimate of drug-likeness (QED) is 0.926. The third kappa shape index (κ3) is 3.10. The number of rotatable bonds is 3. The maximum absolute atomic E-state index is 11.4. The maximum atomic E-state index is 11.4. The van der Waals surface area contributed by atoms with Crippen LogP contribution in [-0.2, 0) is 9.84 Å². The lowest BCUT2D eigenvalue weighted by atomic mass is 10.1. The van der Waals surface area contributed by atoms with Crippen molar-refractivity contribution in [1.82, 2.24) is 0 Å². The first kappa shape index (κ1) is 13.8. The molecule has 2 atom stereocenters. The highest BCUT2D eigenvalue weighted by Crippen LogP contribution is 2.28. The van der Waals surface area contributed by atoms with Crippen LogP contribution in [0.15, 0.2) is 18.2 Å². The van der Waals surface area contributed by atoms with Crippen molar-refractivity contribution in [2.45, 2.75) is 18.2 Å². The van der Waals surface area contributed by atoms with E-state index >= 15 is 0 Å². The third-order valence-corrected chi connectivity index (χ3v) is 4.71. The van der Waals surface area contributed by atoms with Crippen molar-refractivity contribution in [2.75, 3.05) is 6.26 Å². The number of hydrogen-bond acceptors (Lipinski definition) is 3. The van der Waals surface area contributed by atoms with Crippen molar-refractivity contribution >= 4 is 33.0 Å². The van der Waals surface area contributed by atoms with Crippen molar-refractivity contribution in [3.05, 3.63) is 33.8 Å². The predicted molar refractivity (Wildman–Crippen MR) is 67.7 cm³/mol. The first-order valence-corrected chi connectivity index (χ1v) is 7.34. The van der Waals surface area contributed by atoms with E-state index in [4.69, 9.17) is 28.9 Å². The molecule has 1 aromatic rings. The molecule has 0 fully saturated rings. The van der Waals surface area contributed by atoms with E-state index in [1.165, 1.54) is 0 Å². The van der Waals surface area contributed by atoms with Crippen molar-refractivity contribution in [2.24, 2.45) is 5.73 Å². The summed E-state index contributed by atoms with van der Waals surface area (Å²) in [6.07, 6.45) is 1.15. The number of hydrogen-bond donors (Lipinski definition) is 1. The Morgan fingerprint density at radius 3 is 2.31 bits per heavy atom. The van der Waals surface area contributed by atoms with Crippen LogP contribution in [0.3, 0.4) is 0 Å². The van der Waals surface area contributed by atoms with E-state index in [0.29, 0.717) is 15.6 Å². The summed E-state index contributed by atoms with van der Waals surface area (Å²) in [4.78, 5) is 0. The summed E-state index contributed by atoms with van der Waals surface area (Å²) < 4.78 is 22.8. The Labute approximate surface area is 105 Å². The summed E-state index contributed by atoms with van der Waals surface area (Å²) in [6, 6.07) is 4.18. The van der Waals surface area contributed by atoms with Crippen LogP contribution in [0.4, 0.5) is 0 Å². The van der Waals surface area contributed by atoms with Gasteiger partial charge in [-0.3, -0.25) is 0 Å². The molecule has 90 valence electrons. The topological polar surface area (TPSA) is 60.2 Å². The molecule has 0 aliphatic carbocycles. The zero-order chi connectivity index (χ0) is 12.5. The minimum Gasteiger partial charge on any atom is -0.323 e. The van der Waals surface area contributed by atoms with Crippen LogP contribution >= 0.6 is 23.2 Å². The van der Waals surface area contributed by atoms with Gasteiger partial charge in [-0.2, -0.15) is 0 Å². The smallest absolute Gasteiger partial charge is 0.151 e. The summed E-state index contributed by atoms with van der Waals surface area (Å²) in [6.45, 7) is 1.56. The first-order chi connectivity index (χ1) is 7.23. The Morgan fingerprint density at radius 2 is 1.88 bits per heavy atom. The Morgan fingerprint density at radius 1 is 1.31 bits per heavy atom. The highest BCUT2D eigenvalue weighted by Gasteiger charge is 2.25. The molecule has 0 radical (unpaired) electrons. The van der Waals surface area contributed by atoms with Gasteiger partial charge in [-0.1, -0.05) is 29.3 Å². The molecule has 0 amide bonds. The number of nitrogens with two attached hydrogens (primary N) is 1. The SMILES string of the molecule is CC(C(N)c1ccc(Cl)cc1Cl)S(C)(=O)=O. The lowest BCUT2D eigenvalue weighted by Crippen LogP contribution is -2.30. The van der Waals surface area contributed by atoms with Gasteiger partial charge >= 0.3 is 0 Å². The predicted octanol–water partition coefficient (Wildman–Crippen LogP) is 2.43. The zero-order valence-corrected chi connectivity index (χ0v) is 11.3. The molecule has 0 bridgehead atoms. The minimum absolute atomic E-state index is 0.385. The molecule has 6 heteroatoms. The second-order valence-electron chi connectivity index (χ2n) is 3.73. The Balaban J connectivity index is 3.10. The molecule has 2 N–H and O–H groups in total. The van der Waals surface area contributed by atoms with Crippen LogP contribution in [0, 0.1) is 0 Å². The highest BCUT2D eigenvalue weighted by atomic mass is 35.5. The second-order valence-corrected chi connectivity index (χ2v) is 6.97. The van der Waals surface area contributed by atoms with Gasteiger partial charge in [-0.05, 0) is 24.6 Å². The fourth-order valence-corrected chi connectivity index (χ4v) is 2.50. The van der Waals surface area contributed by atoms with Crippen molar-refractivity contribution in [3.63, 3.8) is 0 Å². The van der Waals surface area contributed by atoms with Gasteiger partial charge in [0.25, 0.3) is 0 Å². The number of halogens is 2. The average molecular weight is 282 g/mol. The zero-order valence-electron chi connectivity index (χ0n) is 8.94. The molecule has 1 rings (SSSR count). The molecular formula is C10H13Cl2NO2S. The fourth-order valence-electron chi connectivity index (χ4n) is 1.29. The van der Waals surface area contributed by atoms with E-state index in [1.54, 1.807) is 25.1 Å². The molecule has 0 aliphatic heterocycles. The average Bonchev–Trinajstić information content (AvgIpc) is 2.14. The molecule has 0 saturated heterocycles. The molecule has 2 unspecified atom stereocenters. The van der Waals surface area contributed by atoms with Crippen LogP contribution in [-0.4, -0.2) is 19.9 Å². The first-order valence-electron chi connectivity index (χ1n) is 4.63. The van der Waals surface area contributed by atoms with Crippen molar-refractivity contribution < 1.29 is 8.42 Å². The molecule has 0 heterocycles. The standard InChI is InChI=1S/C10H13Cl2NO2S/c1-6(16(2,14)15)10(13)8-4-3-7(11)5-9(8)12/h3-6,10H,13H2,1-2H3. The van der Waals surface area contributed by atoms with E-state index in [0.717, 1.165) is 6.26 Å². The van der Waals surface area contributed by atoms with Gasteiger partial charge in [0.1, 0.15) is 0 Å². The van der Waals surface area contributed by atoms with Gasteiger partial charge in [0, 0.05) is 22.3 Å². The lowest BCUT2D eigenvalue weighted by molar-refractivity contribution is 0.571. The van der Waals surface area contributed by atoms with Gasteiger partial charge < -0.3 is 5.73 Å². The molecule has 0 saturated carbocycles. The summed E-state index contributed by atoms with van der Waals surface area (Å²) in [5.41, 5.74) is 6.46. The molecule has 1 aromatic carbocycles. The van der Waals surface area contributed by atoms with Crippen LogP contribution in [0.1, 0.15) is 18.5 Å². The summed E-state index contributed by atoms with van der Waals surface area (Å²) in [5.74, 6) is 0. The summed E-state index contributed by atoms with van der Waals surface area (Å²) >= 11 is 11.7. The van der Waals surface area contributed by atoms with E-state index in [-0.39, 0.29) is 0 Å². The number of sulfone groups is 1. The molecule has 0 aliphatic rings. The van der Waals surface area contributed by atoms with Gasteiger partial charge in [0.2, 0.25) is 0 Å². The van der Waals surface area contributed by atoms with Gasteiger partial charge in [-0.25, -0.2) is 8.42 Å². The third-order valence-electron chi connectivity index (χ3n) is 2.50. The van der Waals surface area contributed by atoms with Crippen LogP contribution in [0.25, 0.3) is 0 Å².